The molecule has 0 aliphatic rings. The summed E-state index contributed by atoms with van der Waals surface area (Å²) in [7, 11) is 0. The normalized spacial score (nSPS) is 11.7. The molecule has 1 N–H and O–H groups in total. The number of nitrogens with one attached hydrogen (secondary N) is 1. The third-order valence-electron chi connectivity index (χ3n) is 3.65. The molecule has 0 atom stereocenters. The van der Waals surface area contributed by atoms with Gasteiger partial charge in [0.25, 0.3) is 5.91 Å². The third-order valence-corrected chi connectivity index (χ3v) is 4.56. The van der Waals surface area contributed by atoms with Crippen LogP contribution in [0.5, 0.6) is 0 Å². The highest BCUT2D eigenvalue weighted by Crippen LogP contribution is 2.29. The molecule has 3 nitrogen and oxygen atoms in total. The summed E-state index contributed by atoms with van der Waals surface area (Å²) < 4.78 is 27.2. The minimum absolute atomic E-state index is 0.00361. The van der Waals surface area contributed by atoms with Crippen molar-refractivity contribution in [3.05, 3.63) is 59.2 Å². The predicted octanol–water partition coefficient (Wildman–Crippen LogP) is 5.12. The molecule has 3 aromatic rings. The largest absolute Gasteiger partial charge is 0.298 e. The summed E-state index contributed by atoms with van der Waals surface area (Å²) in [5, 5.41) is 2.87. The van der Waals surface area contributed by atoms with Crippen molar-refractivity contribution < 1.29 is 13.6 Å². The van der Waals surface area contributed by atoms with Crippen LogP contribution in [0.4, 0.5) is 13.9 Å². The first kappa shape index (κ1) is 16.5. The number of thiazole rings is 1. The van der Waals surface area contributed by atoms with Crippen molar-refractivity contribution in [2.45, 2.75) is 26.2 Å². The zero-order valence-electron chi connectivity index (χ0n) is 13.5. The van der Waals surface area contributed by atoms with Gasteiger partial charge >= 0.3 is 0 Å². The fourth-order valence-electron chi connectivity index (χ4n) is 2.30. The predicted molar refractivity (Wildman–Crippen MR) is 92.6 cm³/mol. The van der Waals surface area contributed by atoms with Crippen molar-refractivity contribution in [3.63, 3.8) is 0 Å². The van der Waals surface area contributed by atoms with E-state index in [1.807, 2.05) is 12.1 Å². The van der Waals surface area contributed by atoms with Crippen LogP contribution >= 0.6 is 11.3 Å². The molecule has 0 unspecified atom stereocenters. The van der Waals surface area contributed by atoms with Crippen molar-refractivity contribution >= 4 is 32.6 Å². The van der Waals surface area contributed by atoms with E-state index in [2.05, 4.69) is 31.1 Å². The fourth-order valence-corrected chi connectivity index (χ4v) is 3.20. The summed E-state index contributed by atoms with van der Waals surface area (Å²) in [6, 6.07) is 9.26. The molecule has 1 amide bonds. The lowest BCUT2D eigenvalue weighted by atomic mass is 9.87. The first-order chi connectivity index (χ1) is 11.2. The van der Waals surface area contributed by atoms with Crippen molar-refractivity contribution in [2.24, 2.45) is 0 Å². The van der Waals surface area contributed by atoms with E-state index in [-0.39, 0.29) is 22.0 Å². The van der Waals surface area contributed by atoms with Crippen LogP contribution in [0.2, 0.25) is 0 Å². The number of halogens is 2. The van der Waals surface area contributed by atoms with Crippen molar-refractivity contribution in [3.8, 4) is 0 Å². The number of rotatable bonds is 2. The first-order valence-electron chi connectivity index (χ1n) is 7.41. The number of hydrogen-bond acceptors (Lipinski definition) is 3. The van der Waals surface area contributed by atoms with Crippen LogP contribution < -0.4 is 5.32 Å². The molecule has 3 rings (SSSR count). The minimum atomic E-state index is -0.740. The molecule has 0 saturated carbocycles. The van der Waals surface area contributed by atoms with Gasteiger partial charge < -0.3 is 0 Å². The molecule has 0 aliphatic heterocycles. The number of carbonyl (C=O) groups excluding carboxylic acids is 1. The molecule has 124 valence electrons. The Kier molecular flexibility index (Phi) is 4.09. The number of nitrogens with zero attached hydrogens (tertiary/aromatic N) is 1. The highest BCUT2D eigenvalue weighted by Gasteiger charge is 2.16. The summed E-state index contributed by atoms with van der Waals surface area (Å²) >= 11 is 1.03. The maximum absolute atomic E-state index is 13.7. The van der Waals surface area contributed by atoms with Crippen LogP contribution in [0, 0.1) is 11.6 Å². The third kappa shape index (κ3) is 3.28. The van der Waals surface area contributed by atoms with Gasteiger partial charge in [-0.15, -0.1) is 0 Å². The van der Waals surface area contributed by atoms with Gasteiger partial charge in [0.15, 0.2) is 10.9 Å². The van der Waals surface area contributed by atoms with Gasteiger partial charge in [-0.2, -0.15) is 0 Å². The Labute approximate surface area is 142 Å². The van der Waals surface area contributed by atoms with Crippen LogP contribution in [0.15, 0.2) is 36.4 Å². The van der Waals surface area contributed by atoms with Crippen LogP contribution in [0.25, 0.3) is 10.2 Å². The van der Waals surface area contributed by atoms with Crippen molar-refractivity contribution in [1.82, 2.24) is 4.98 Å². The summed E-state index contributed by atoms with van der Waals surface area (Å²) in [6.45, 7) is 6.28. The Morgan fingerprint density at radius 2 is 1.79 bits per heavy atom. The summed E-state index contributed by atoms with van der Waals surface area (Å²) in [4.78, 5) is 16.3. The number of benzene rings is 2. The lowest BCUT2D eigenvalue weighted by molar-refractivity contribution is 0.102. The number of carbonyl (C=O) groups is 1. The van der Waals surface area contributed by atoms with Crippen LogP contribution in [-0.4, -0.2) is 10.9 Å². The molecular weight excluding hydrogens is 330 g/mol. The van der Waals surface area contributed by atoms with E-state index >= 15 is 0 Å². The first-order valence-corrected chi connectivity index (χ1v) is 8.23. The zero-order chi connectivity index (χ0) is 17.5. The second-order valence-corrected chi connectivity index (χ2v) is 7.57. The molecule has 1 heterocycles. The van der Waals surface area contributed by atoms with Gasteiger partial charge in [0.1, 0.15) is 11.3 Å². The smallest absolute Gasteiger partial charge is 0.257 e. The van der Waals surface area contributed by atoms with Crippen molar-refractivity contribution in [1.29, 1.82) is 0 Å². The molecule has 6 heteroatoms. The van der Waals surface area contributed by atoms with Gasteiger partial charge in [-0.25, -0.2) is 13.8 Å². The summed E-state index contributed by atoms with van der Waals surface area (Å²) in [5.41, 5.74) is 1.66. The van der Waals surface area contributed by atoms with Crippen LogP contribution in [0.1, 0.15) is 36.7 Å². The second kappa shape index (κ2) is 5.94. The van der Waals surface area contributed by atoms with Crippen LogP contribution in [0.3, 0.4) is 0 Å². The topological polar surface area (TPSA) is 42.0 Å². The molecule has 0 aliphatic carbocycles. The summed E-state index contributed by atoms with van der Waals surface area (Å²) in [5.74, 6) is -1.74. The number of fused-ring (bicyclic) bond motifs is 1. The SMILES string of the molecule is CC(C)(C)c1ccc(C(=O)Nc2nc3c(F)cc(F)cc3s2)cc1. The summed E-state index contributed by atoms with van der Waals surface area (Å²) in [6.07, 6.45) is 0. The Balaban J connectivity index is 1.83. The van der Waals surface area contributed by atoms with E-state index in [0.29, 0.717) is 10.3 Å². The van der Waals surface area contributed by atoms with Gasteiger partial charge in [0.2, 0.25) is 0 Å². The highest BCUT2D eigenvalue weighted by molar-refractivity contribution is 7.22. The molecule has 0 spiro atoms. The number of amides is 1. The molecule has 0 radical (unpaired) electrons. The Hall–Kier alpha value is -2.34. The van der Waals surface area contributed by atoms with E-state index in [1.165, 1.54) is 6.07 Å². The molecule has 0 bridgehead atoms. The average Bonchev–Trinajstić information content (AvgIpc) is 2.89. The van der Waals surface area contributed by atoms with Crippen LogP contribution in [-0.2, 0) is 5.41 Å². The maximum atomic E-state index is 13.7. The number of hydrogen-bond donors (Lipinski definition) is 1. The monoisotopic (exact) mass is 346 g/mol. The highest BCUT2D eigenvalue weighted by atomic mass is 32.1. The molecule has 0 saturated heterocycles. The van der Waals surface area contributed by atoms with Gasteiger partial charge in [0.05, 0.1) is 4.70 Å². The number of anilines is 1. The van der Waals surface area contributed by atoms with Gasteiger partial charge in [-0.05, 0) is 29.2 Å². The molecule has 0 fully saturated rings. The van der Waals surface area contributed by atoms with Gasteiger partial charge in [-0.3, -0.25) is 10.1 Å². The molecular formula is C18H16F2N2OS. The van der Waals surface area contributed by atoms with E-state index in [4.69, 9.17) is 0 Å². The van der Waals surface area contributed by atoms with E-state index in [0.717, 1.165) is 23.0 Å². The lowest BCUT2D eigenvalue weighted by Gasteiger charge is -2.18. The molecule has 24 heavy (non-hydrogen) atoms. The molecule has 2 aromatic carbocycles. The number of aromatic nitrogens is 1. The Morgan fingerprint density at radius 1 is 1.12 bits per heavy atom. The Morgan fingerprint density at radius 3 is 2.42 bits per heavy atom. The van der Waals surface area contributed by atoms with E-state index in [9.17, 15) is 13.6 Å². The van der Waals surface area contributed by atoms with Gasteiger partial charge in [0, 0.05) is 11.6 Å². The van der Waals surface area contributed by atoms with Crippen molar-refractivity contribution in [2.75, 3.05) is 5.32 Å². The zero-order valence-corrected chi connectivity index (χ0v) is 14.3. The lowest BCUT2D eigenvalue weighted by Crippen LogP contribution is -2.14. The maximum Gasteiger partial charge on any atom is 0.257 e. The fraction of sp³-hybridized carbons (Fsp3) is 0.222. The van der Waals surface area contributed by atoms with E-state index < -0.39 is 11.6 Å². The molecule has 1 aromatic heterocycles. The van der Waals surface area contributed by atoms with E-state index in [1.54, 1.807) is 12.1 Å². The van der Waals surface area contributed by atoms with Gasteiger partial charge in [-0.1, -0.05) is 44.2 Å². The second-order valence-electron chi connectivity index (χ2n) is 6.53. The average molecular weight is 346 g/mol. The minimum Gasteiger partial charge on any atom is -0.298 e. The Bertz CT molecular complexity index is 911. The quantitative estimate of drug-likeness (QED) is 0.699. The standard InChI is InChI=1S/C18H16F2N2OS/c1-18(2,3)11-6-4-10(5-7-11)16(23)22-17-21-15-13(20)8-12(19)9-14(15)24-17/h4-9H,1-3H3,(H,21,22,23).